The summed E-state index contributed by atoms with van der Waals surface area (Å²) < 4.78 is 17.9. The van der Waals surface area contributed by atoms with Gasteiger partial charge in [0.25, 0.3) is 0 Å². The number of rotatable bonds is 4. The van der Waals surface area contributed by atoms with Gasteiger partial charge in [0.05, 0.1) is 18.7 Å². The van der Waals surface area contributed by atoms with E-state index in [1.807, 2.05) is 0 Å². The van der Waals surface area contributed by atoms with Crippen LogP contribution in [-0.2, 0) is 9.53 Å². The predicted octanol–water partition coefficient (Wildman–Crippen LogP) is 2.45. The van der Waals surface area contributed by atoms with E-state index in [-0.39, 0.29) is 18.0 Å². The summed E-state index contributed by atoms with van der Waals surface area (Å²) in [5.74, 6) is -0.816. The summed E-state index contributed by atoms with van der Waals surface area (Å²) in [5.41, 5.74) is 0.0867. The smallest absolute Gasteiger partial charge is 0.226 e. The molecule has 3 nitrogen and oxygen atoms in total. The van der Waals surface area contributed by atoms with Gasteiger partial charge in [0.1, 0.15) is 5.82 Å². The van der Waals surface area contributed by atoms with Crippen molar-refractivity contribution in [2.45, 2.75) is 6.42 Å². The molecule has 1 N–H and O–H groups in total. The van der Waals surface area contributed by atoms with E-state index >= 15 is 0 Å². The van der Waals surface area contributed by atoms with Gasteiger partial charge in [-0.3, -0.25) is 4.79 Å². The first-order chi connectivity index (χ1) is 7.13. The lowest BCUT2D eigenvalue weighted by Gasteiger charge is -2.06. The van der Waals surface area contributed by atoms with Gasteiger partial charge in [-0.05, 0) is 18.2 Å². The zero-order chi connectivity index (χ0) is 11.3. The zero-order valence-corrected chi connectivity index (χ0v) is 8.97. The molecule has 0 aliphatic heterocycles. The van der Waals surface area contributed by atoms with Gasteiger partial charge >= 0.3 is 0 Å². The van der Waals surface area contributed by atoms with Crippen molar-refractivity contribution in [3.05, 3.63) is 29.0 Å². The minimum atomic E-state index is -0.509. The third-order valence-corrected chi connectivity index (χ3v) is 1.97. The fourth-order valence-corrected chi connectivity index (χ4v) is 1.17. The fourth-order valence-electron chi connectivity index (χ4n) is 1.00. The Bertz CT molecular complexity index is 357. The topological polar surface area (TPSA) is 38.3 Å². The highest BCUT2D eigenvalue weighted by Crippen LogP contribution is 2.19. The first-order valence-electron chi connectivity index (χ1n) is 4.37. The zero-order valence-electron chi connectivity index (χ0n) is 8.22. The first kappa shape index (κ1) is 11.9. The van der Waals surface area contributed by atoms with Crippen LogP contribution in [-0.4, -0.2) is 19.6 Å². The van der Waals surface area contributed by atoms with Gasteiger partial charge in [-0.15, -0.1) is 0 Å². The minimum absolute atomic E-state index is 0.0867. The lowest BCUT2D eigenvalue weighted by Crippen LogP contribution is -2.14. The van der Waals surface area contributed by atoms with Crippen LogP contribution in [0.2, 0.25) is 5.02 Å². The molecule has 1 amide bonds. The Balaban J connectivity index is 2.63. The minimum Gasteiger partial charge on any atom is -0.384 e. The Morgan fingerprint density at radius 1 is 1.60 bits per heavy atom. The van der Waals surface area contributed by atoms with Crippen LogP contribution >= 0.6 is 11.6 Å². The molecule has 0 saturated carbocycles. The predicted molar refractivity (Wildman–Crippen MR) is 56.5 cm³/mol. The average molecular weight is 232 g/mol. The van der Waals surface area contributed by atoms with Crippen LogP contribution in [0.4, 0.5) is 10.1 Å². The van der Waals surface area contributed by atoms with Crippen molar-refractivity contribution in [1.82, 2.24) is 0 Å². The molecule has 0 aliphatic carbocycles. The van der Waals surface area contributed by atoms with Gasteiger partial charge in [0, 0.05) is 12.1 Å². The number of hydrogen-bond donors (Lipinski definition) is 1. The summed E-state index contributed by atoms with van der Waals surface area (Å²) in [6.45, 7) is 0.300. The number of benzene rings is 1. The van der Waals surface area contributed by atoms with Crippen molar-refractivity contribution in [1.29, 1.82) is 0 Å². The van der Waals surface area contributed by atoms with E-state index in [1.54, 1.807) is 0 Å². The Morgan fingerprint density at radius 2 is 2.33 bits per heavy atom. The van der Waals surface area contributed by atoms with E-state index in [0.29, 0.717) is 11.6 Å². The standard InChI is InChI=1S/C10H11ClFNO2/c1-15-5-4-10(14)13-9-6-7(11)2-3-8(9)12/h2-3,6H,4-5H2,1H3,(H,13,14). The molecule has 1 aromatic carbocycles. The van der Waals surface area contributed by atoms with Crippen molar-refractivity contribution < 1.29 is 13.9 Å². The molecule has 0 aliphatic rings. The number of nitrogens with one attached hydrogen (secondary N) is 1. The molecule has 0 unspecified atom stereocenters. The van der Waals surface area contributed by atoms with Crippen molar-refractivity contribution in [2.24, 2.45) is 0 Å². The molecule has 0 spiro atoms. The Labute approximate surface area is 92.2 Å². The molecular weight excluding hydrogens is 221 g/mol. The number of carbonyl (C=O) groups excluding carboxylic acids is 1. The molecule has 0 radical (unpaired) electrons. The maximum atomic E-state index is 13.1. The lowest BCUT2D eigenvalue weighted by atomic mass is 10.3. The van der Waals surface area contributed by atoms with Crippen molar-refractivity contribution >= 4 is 23.2 Å². The third kappa shape index (κ3) is 3.85. The van der Waals surface area contributed by atoms with Crippen molar-refractivity contribution in [3.63, 3.8) is 0 Å². The van der Waals surface area contributed by atoms with Crippen LogP contribution in [0.15, 0.2) is 18.2 Å². The van der Waals surface area contributed by atoms with E-state index in [9.17, 15) is 9.18 Å². The molecule has 0 atom stereocenters. The van der Waals surface area contributed by atoms with Crippen LogP contribution in [0.1, 0.15) is 6.42 Å². The summed E-state index contributed by atoms with van der Waals surface area (Å²) in [6.07, 6.45) is 0.183. The number of ether oxygens (including phenoxy) is 1. The number of halogens is 2. The Hall–Kier alpha value is -1.13. The number of anilines is 1. The van der Waals surface area contributed by atoms with Gasteiger partial charge < -0.3 is 10.1 Å². The molecule has 0 heterocycles. The number of methoxy groups -OCH3 is 1. The van der Waals surface area contributed by atoms with Crippen LogP contribution in [0.25, 0.3) is 0 Å². The number of amides is 1. The Kier molecular flexibility index (Phi) is 4.52. The van der Waals surface area contributed by atoms with Crippen LogP contribution in [0, 0.1) is 5.82 Å². The van der Waals surface area contributed by atoms with Crippen LogP contribution < -0.4 is 5.32 Å². The molecule has 1 aromatic rings. The maximum Gasteiger partial charge on any atom is 0.226 e. The lowest BCUT2D eigenvalue weighted by molar-refractivity contribution is -0.117. The fraction of sp³-hybridized carbons (Fsp3) is 0.300. The molecule has 0 saturated heterocycles. The van der Waals surface area contributed by atoms with Crippen molar-refractivity contribution in [2.75, 3.05) is 19.0 Å². The van der Waals surface area contributed by atoms with Gasteiger partial charge in [-0.2, -0.15) is 0 Å². The quantitative estimate of drug-likeness (QED) is 0.865. The normalized spacial score (nSPS) is 10.1. The molecular formula is C10H11ClFNO2. The molecule has 0 aromatic heterocycles. The molecule has 1 rings (SSSR count). The highest BCUT2D eigenvalue weighted by atomic mass is 35.5. The first-order valence-corrected chi connectivity index (χ1v) is 4.75. The van der Waals surface area contributed by atoms with Crippen LogP contribution in [0.3, 0.4) is 0 Å². The highest BCUT2D eigenvalue weighted by Gasteiger charge is 2.06. The second kappa shape index (κ2) is 5.68. The summed E-state index contributed by atoms with van der Waals surface area (Å²) in [6, 6.07) is 3.98. The second-order valence-corrected chi connectivity index (χ2v) is 3.35. The molecule has 5 heteroatoms. The van der Waals surface area contributed by atoms with E-state index in [4.69, 9.17) is 16.3 Å². The highest BCUT2D eigenvalue weighted by molar-refractivity contribution is 6.30. The third-order valence-electron chi connectivity index (χ3n) is 1.74. The monoisotopic (exact) mass is 231 g/mol. The molecule has 15 heavy (non-hydrogen) atoms. The van der Waals surface area contributed by atoms with Gasteiger partial charge in [0.15, 0.2) is 0 Å². The summed E-state index contributed by atoms with van der Waals surface area (Å²) in [5, 5.41) is 2.78. The number of hydrogen-bond acceptors (Lipinski definition) is 2. The van der Waals surface area contributed by atoms with E-state index < -0.39 is 5.82 Å². The summed E-state index contributed by atoms with van der Waals surface area (Å²) >= 11 is 5.66. The van der Waals surface area contributed by atoms with E-state index in [2.05, 4.69) is 5.32 Å². The maximum absolute atomic E-state index is 13.1. The molecule has 82 valence electrons. The van der Waals surface area contributed by atoms with E-state index in [0.717, 1.165) is 0 Å². The molecule has 0 fully saturated rings. The largest absolute Gasteiger partial charge is 0.384 e. The second-order valence-electron chi connectivity index (χ2n) is 2.92. The SMILES string of the molecule is COCCC(=O)Nc1cc(Cl)ccc1F. The number of carbonyl (C=O) groups is 1. The van der Waals surface area contributed by atoms with Gasteiger partial charge in [-0.1, -0.05) is 11.6 Å². The van der Waals surface area contributed by atoms with Gasteiger partial charge in [-0.25, -0.2) is 4.39 Å². The molecule has 0 bridgehead atoms. The van der Waals surface area contributed by atoms with E-state index in [1.165, 1.54) is 25.3 Å². The van der Waals surface area contributed by atoms with Crippen molar-refractivity contribution in [3.8, 4) is 0 Å². The van der Waals surface area contributed by atoms with Gasteiger partial charge in [0.2, 0.25) is 5.91 Å². The summed E-state index contributed by atoms with van der Waals surface area (Å²) in [7, 11) is 1.49. The van der Waals surface area contributed by atoms with Crippen LogP contribution in [0.5, 0.6) is 0 Å². The summed E-state index contributed by atoms with van der Waals surface area (Å²) in [4.78, 5) is 11.2. The Morgan fingerprint density at radius 3 is 3.00 bits per heavy atom. The average Bonchev–Trinajstić information content (AvgIpc) is 2.20.